The predicted molar refractivity (Wildman–Crippen MR) is 86.4 cm³/mol. The van der Waals surface area contributed by atoms with Crippen molar-refractivity contribution < 1.29 is 8.42 Å². The highest BCUT2D eigenvalue weighted by molar-refractivity contribution is 7.91. The van der Waals surface area contributed by atoms with E-state index >= 15 is 0 Å². The molecule has 6 nitrogen and oxygen atoms in total. The molecule has 2 rings (SSSR count). The van der Waals surface area contributed by atoms with Crippen LogP contribution in [0, 0.1) is 5.92 Å². The maximum absolute atomic E-state index is 11.5. The van der Waals surface area contributed by atoms with Crippen LogP contribution in [0.1, 0.15) is 26.7 Å². The van der Waals surface area contributed by atoms with Crippen molar-refractivity contribution >= 4 is 15.8 Å². The van der Waals surface area contributed by atoms with Crippen LogP contribution in [-0.4, -0.2) is 69.5 Å². The first-order valence-electron chi connectivity index (χ1n) is 8.00. The summed E-state index contributed by atoms with van der Waals surface area (Å²) in [4.78, 5) is 7.10. The van der Waals surface area contributed by atoms with Crippen molar-refractivity contribution in [3.63, 3.8) is 0 Å². The second-order valence-electron chi connectivity index (χ2n) is 6.01. The minimum atomic E-state index is -2.85. The highest BCUT2D eigenvalue weighted by Crippen LogP contribution is 2.16. The monoisotopic (exact) mass is 316 g/mol. The molecule has 0 aromatic carbocycles. The molecule has 2 unspecified atom stereocenters. The molecule has 0 aromatic rings. The van der Waals surface area contributed by atoms with E-state index in [-0.39, 0.29) is 17.5 Å². The van der Waals surface area contributed by atoms with Crippen LogP contribution in [0.25, 0.3) is 0 Å². The highest BCUT2D eigenvalue weighted by atomic mass is 32.2. The summed E-state index contributed by atoms with van der Waals surface area (Å²) < 4.78 is 23.0. The lowest BCUT2D eigenvalue weighted by Crippen LogP contribution is -2.44. The van der Waals surface area contributed by atoms with Gasteiger partial charge in [0.2, 0.25) is 0 Å². The molecule has 21 heavy (non-hydrogen) atoms. The molecule has 2 heterocycles. The topological polar surface area (TPSA) is 73.8 Å². The predicted octanol–water partition coefficient (Wildman–Crippen LogP) is 0.0704. The van der Waals surface area contributed by atoms with Gasteiger partial charge in [0.05, 0.1) is 11.5 Å². The first kappa shape index (κ1) is 16.5. The van der Waals surface area contributed by atoms with Gasteiger partial charge in [-0.2, -0.15) is 0 Å². The van der Waals surface area contributed by atoms with Gasteiger partial charge in [0.1, 0.15) is 0 Å². The summed E-state index contributed by atoms with van der Waals surface area (Å²) in [5, 5.41) is 6.48. The van der Waals surface area contributed by atoms with Crippen molar-refractivity contribution in [3.8, 4) is 0 Å². The Morgan fingerprint density at radius 2 is 2.14 bits per heavy atom. The number of nitrogens with one attached hydrogen (secondary N) is 2. The fraction of sp³-hybridized carbons (Fsp3) is 0.929. The average Bonchev–Trinajstić information content (AvgIpc) is 3.02. The minimum Gasteiger partial charge on any atom is -0.357 e. The van der Waals surface area contributed by atoms with E-state index in [1.807, 2.05) is 6.92 Å². The van der Waals surface area contributed by atoms with E-state index in [2.05, 4.69) is 27.4 Å². The highest BCUT2D eigenvalue weighted by Gasteiger charge is 2.28. The lowest BCUT2D eigenvalue weighted by Gasteiger charge is -2.17. The number of guanidine groups is 1. The van der Waals surface area contributed by atoms with Gasteiger partial charge in [-0.15, -0.1) is 0 Å². The van der Waals surface area contributed by atoms with Crippen molar-refractivity contribution in [1.82, 2.24) is 15.5 Å². The Kier molecular flexibility index (Phi) is 5.87. The zero-order chi connectivity index (χ0) is 15.3. The largest absolute Gasteiger partial charge is 0.357 e. The molecule has 0 amide bonds. The molecule has 122 valence electrons. The van der Waals surface area contributed by atoms with E-state index in [0.717, 1.165) is 32.1 Å². The summed E-state index contributed by atoms with van der Waals surface area (Å²) in [6.45, 7) is 9.22. The molecular weight excluding hydrogens is 288 g/mol. The van der Waals surface area contributed by atoms with Crippen molar-refractivity contribution in [1.29, 1.82) is 0 Å². The molecule has 2 saturated heterocycles. The molecule has 2 N–H and O–H groups in total. The summed E-state index contributed by atoms with van der Waals surface area (Å²) in [7, 11) is -2.85. The van der Waals surface area contributed by atoms with E-state index in [0.29, 0.717) is 12.3 Å². The van der Waals surface area contributed by atoms with Crippen LogP contribution in [0.4, 0.5) is 0 Å². The molecule has 2 aliphatic rings. The third kappa shape index (κ3) is 5.14. The first-order chi connectivity index (χ1) is 10.0. The standard InChI is InChI=1S/C14H28N4O2S/c1-3-15-14(17-13-6-8-21(19,20)11-13)16-9-12-5-7-18(4-2)10-12/h12-13H,3-11H2,1-2H3,(H2,15,16,17). The van der Waals surface area contributed by atoms with E-state index in [1.165, 1.54) is 13.0 Å². The quantitative estimate of drug-likeness (QED) is 0.555. The first-order valence-corrected chi connectivity index (χ1v) is 9.82. The van der Waals surface area contributed by atoms with Crippen LogP contribution in [0.3, 0.4) is 0 Å². The van der Waals surface area contributed by atoms with Crippen LogP contribution in [0.5, 0.6) is 0 Å². The fourth-order valence-corrected chi connectivity index (χ4v) is 4.67. The van der Waals surface area contributed by atoms with Crippen LogP contribution < -0.4 is 10.6 Å². The van der Waals surface area contributed by atoms with Gasteiger partial charge in [0, 0.05) is 25.7 Å². The Morgan fingerprint density at radius 1 is 1.33 bits per heavy atom. The van der Waals surface area contributed by atoms with Gasteiger partial charge < -0.3 is 15.5 Å². The second kappa shape index (κ2) is 7.45. The maximum Gasteiger partial charge on any atom is 0.191 e. The normalized spacial score (nSPS) is 29.7. The van der Waals surface area contributed by atoms with Gasteiger partial charge in [0.25, 0.3) is 0 Å². The second-order valence-corrected chi connectivity index (χ2v) is 8.24. The molecule has 0 aromatic heterocycles. The van der Waals surface area contributed by atoms with Crippen LogP contribution in [0.2, 0.25) is 0 Å². The van der Waals surface area contributed by atoms with E-state index in [4.69, 9.17) is 0 Å². The van der Waals surface area contributed by atoms with Gasteiger partial charge in [-0.25, -0.2) is 8.42 Å². The Bertz CT molecular complexity index is 464. The molecular formula is C14H28N4O2S. The molecule has 2 atom stereocenters. The number of hydrogen-bond acceptors (Lipinski definition) is 4. The molecule has 2 fully saturated rings. The van der Waals surface area contributed by atoms with Gasteiger partial charge in [-0.05, 0) is 38.8 Å². The number of nitrogens with zero attached hydrogens (tertiary/aromatic N) is 2. The fourth-order valence-electron chi connectivity index (χ4n) is 2.99. The summed E-state index contributed by atoms with van der Waals surface area (Å²) in [5.74, 6) is 1.89. The Hall–Kier alpha value is -0.820. The number of likely N-dealkylation sites (tertiary alicyclic amines) is 1. The third-order valence-electron chi connectivity index (χ3n) is 4.24. The zero-order valence-electron chi connectivity index (χ0n) is 13.1. The SMILES string of the molecule is CCNC(=NCC1CCN(CC)C1)NC1CCS(=O)(=O)C1. The molecule has 7 heteroatoms. The Labute approximate surface area is 128 Å². The maximum atomic E-state index is 11.5. The molecule has 0 saturated carbocycles. The number of rotatable bonds is 5. The zero-order valence-corrected chi connectivity index (χ0v) is 14.0. The molecule has 2 aliphatic heterocycles. The summed E-state index contributed by atoms with van der Waals surface area (Å²) in [6, 6.07) is 0.00326. The number of hydrogen-bond donors (Lipinski definition) is 2. The average molecular weight is 316 g/mol. The van der Waals surface area contributed by atoms with Crippen molar-refractivity contribution in [2.75, 3.05) is 44.2 Å². The van der Waals surface area contributed by atoms with E-state index in [9.17, 15) is 8.42 Å². The van der Waals surface area contributed by atoms with Crippen molar-refractivity contribution in [2.45, 2.75) is 32.7 Å². The summed E-state index contributed by atoms with van der Waals surface area (Å²) in [5.41, 5.74) is 0. The molecule has 0 spiro atoms. The van der Waals surface area contributed by atoms with Gasteiger partial charge in [-0.1, -0.05) is 6.92 Å². The van der Waals surface area contributed by atoms with E-state index in [1.54, 1.807) is 0 Å². The van der Waals surface area contributed by atoms with Crippen molar-refractivity contribution in [2.24, 2.45) is 10.9 Å². The summed E-state index contributed by atoms with van der Waals surface area (Å²) >= 11 is 0. The van der Waals surface area contributed by atoms with Gasteiger partial charge in [-0.3, -0.25) is 4.99 Å². The van der Waals surface area contributed by atoms with Crippen LogP contribution in [0.15, 0.2) is 4.99 Å². The van der Waals surface area contributed by atoms with Crippen LogP contribution in [-0.2, 0) is 9.84 Å². The smallest absolute Gasteiger partial charge is 0.191 e. The number of sulfone groups is 1. The molecule has 0 radical (unpaired) electrons. The van der Waals surface area contributed by atoms with Crippen molar-refractivity contribution in [3.05, 3.63) is 0 Å². The lowest BCUT2D eigenvalue weighted by atomic mass is 10.1. The third-order valence-corrected chi connectivity index (χ3v) is 6.01. The van der Waals surface area contributed by atoms with Gasteiger partial charge in [0.15, 0.2) is 15.8 Å². The minimum absolute atomic E-state index is 0.00326. The van der Waals surface area contributed by atoms with E-state index < -0.39 is 9.84 Å². The molecule has 0 aliphatic carbocycles. The Morgan fingerprint density at radius 3 is 2.71 bits per heavy atom. The van der Waals surface area contributed by atoms with Crippen LogP contribution >= 0.6 is 0 Å². The molecule has 0 bridgehead atoms. The summed E-state index contributed by atoms with van der Waals surface area (Å²) in [6.07, 6.45) is 1.88. The Balaban J connectivity index is 1.85. The lowest BCUT2D eigenvalue weighted by molar-refractivity contribution is 0.343. The number of aliphatic imine (C=N–C) groups is 1. The van der Waals surface area contributed by atoms with Gasteiger partial charge >= 0.3 is 0 Å².